The number of methoxy groups -OCH3 is 1. The van der Waals surface area contributed by atoms with Gasteiger partial charge in [-0.15, -0.1) is 0 Å². The van der Waals surface area contributed by atoms with Crippen molar-refractivity contribution in [3.63, 3.8) is 0 Å². The Morgan fingerprint density at radius 1 is 0.846 bits per heavy atom. The molecule has 3 heteroatoms. The Kier molecular flexibility index (Phi) is 5.84. The van der Waals surface area contributed by atoms with E-state index in [1.807, 2.05) is 91.0 Å². The lowest BCUT2D eigenvalue weighted by Gasteiger charge is -2.10. The minimum absolute atomic E-state index is 0.210. The molecular formula is C23H20O3. The van der Waals surface area contributed by atoms with Crippen molar-refractivity contribution in [3.05, 3.63) is 102 Å². The largest absolute Gasteiger partial charge is 0.497 e. The van der Waals surface area contributed by atoms with E-state index in [9.17, 15) is 4.79 Å². The second kappa shape index (κ2) is 8.67. The molecule has 0 amide bonds. The predicted molar refractivity (Wildman–Crippen MR) is 104 cm³/mol. The van der Waals surface area contributed by atoms with Gasteiger partial charge in [0.1, 0.15) is 12.4 Å². The zero-order valence-corrected chi connectivity index (χ0v) is 14.6. The van der Waals surface area contributed by atoms with Gasteiger partial charge in [-0.05, 0) is 34.9 Å². The molecule has 0 heterocycles. The lowest BCUT2D eigenvalue weighted by Crippen LogP contribution is -2.07. The van der Waals surface area contributed by atoms with Crippen LogP contribution in [0.2, 0.25) is 0 Å². The number of esters is 1. The molecule has 3 aromatic rings. The first-order valence-electron chi connectivity index (χ1n) is 8.38. The molecule has 0 aliphatic rings. The quantitative estimate of drug-likeness (QED) is 0.359. The summed E-state index contributed by atoms with van der Waals surface area (Å²) in [6, 6.07) is 26.8. The molecule has 0 unspecified atom stereocenters. The van der Waals surface area contributed by atoms with Crippen molar-refractivity contribution in [1.29, 1.82) is 0 Å². The molecular weight excluding hydrogens is 324 g/mol. The summed E-state index contributed by atoms with van der Waals surface area (Å²) in [6.07, 6.45) is 1.85. The molecule has 0 saturated carbocycles. The highest BCUT2D eigenvalue weighted by molar-refractivity contribution is 6.21. The van der Waals surface area contributed by atoms with Gasteiger partial charge in [0.2, 0.25) is 0 Å². The van der Waals surface area contributed by atoms with Crippen LogP contribution in [0, 0.1) is 0 Å². The molecule has 0 saturated heterocycles. The van der Waals surface area contributed by atoms with Gasteiger partial charge >= 0.3 is 5.97 Å². The van der Waals surface area contributed by atoms with Gasteiger partial charge in [-0.25, -0.2) is 4.79 Å². The van der Waals surface area contributed by atoms with Crippen LogP contribution in [0.25, 0.3) is 11.6 Å². The van der Waals surface area contributed by atoms with Crippen LogP contribution >= 0.6 is 0 Å². The molecule has 26 heavy (non-hydrogen) atoms. The molecule has 0 spiro atoms. The normalized spacial score (nSPS) is 11.0. The van der Waals surface area contributed by atoms with Crippen molar-refractivity contribution in [1.82, 2.24) is 0 Å². The van der Waals surface area contributed by atoms with Gasteiger partial charge in [0.15, 0.2) is 0 Å². The van der Waals surface area contributed by atoms with Crippen molar-refractivity contribution in [2.24, 2.45) is 0 Å². The molecule has 130 valence electrons. The van der Waals surface area contributed by atoms with E-state index in [1.54, 1.807) is 7.11 Å². The van der Waals surface area contributed by atoms with Crippen molar-refractivity contribution >= 4 is 17.6 Å². The molecule has 0 aliphatic heterocycles. The third kappa shape index (κ3) is 4.61. The van der Waals surface area contributed by atoms with Gasteiger partial charge in [0, 0.05) is 0 Å². The van der Waals surface area contributed by atoms with E-state index in [1.165, 1.54) is 0 Å². The molecule has 3 nitrogen and oxygen atoms in total. The molecule has 0 radical (unpaired) electrons. The van der Waals surface area contributed by atoms with Crippen molar-refractivity contribution in [2.75, 3.05) is 7.11 Å². The standard InChI is InChI=1S/C23H20O3/c1-25-21-14-12-19(13-15-21)17-26-23(24)22(20-10-6-3-7-11-20)16-18-8-4-2-5-9-18/h2-16H,17H2,1H3. The third-order valence-corrected chi connectivity index (χ3v) is 3.94. The molecule has 3 aromatic carbocycles. The number of ether oxygens (including phenoxy) is 2. The maximum atomic E-state index is 12.7. The molecule has 0 N–H and O–H groups in total. The van der Waals surface area contributed by atoms with Crippen LogP contribution < -0.4 is 4.74 Å². The van der Waals surface area contributed by atoms with E-state index < -0.39 is 0 Å². The van der Waals surface area contributed by atoms with Gasteiger partial charge in [-0.3, -0.25) is 0 Å². The third-order valence-electron chi connectivity index (χ3n) is 3.94. The van der Waals surface area contributed by atoms with Crippen LogP contribution in [0.3, 0.4) is 0 Å². The molecule has 0 aliphatic carbocycles. The Morgan fingerprint density at radius 2 is 1.46 bits per heavy atom. The summed E-state index contributed by atoms with van der Waals surface area (Å²) in [5, 5.41) is 0. The van der Waals surface area contributed by atoms with Crippen molar-refractivity contribution in [2.45, 2.75) is 6.61 Å². The SMILES string of the molecule is COc1ccc(COC(=O)C(=Cc2ccccc2)c2ccccc2)cc1. The van der Waals surface area contributed by atoms with E-state index in [-0.39, 0.29) is 12.6 Å². The minimum Gasteiger partial charge on any atom is -0.497 e. The lowest BCUT2D eigenvalue weighted by molar-refractivity contribution is -0.137. The topological polar surface area (TPSA) is 35.5 Å². The Bertz CT molecular complexity index is 866. The highest BCUT2D eigenvalue weighted by atomic mass is 16.5. The van der Waals surface area contributed by atoms with Crippen molar-refractivity contribution in [3.8, 4) is 5.75 Å². The van der Waals surface area contributed by atoms with Crippen LogP contribution in [0.4, 0.5) is 0 Å². The maximum Gasteiger partial charge on any atom is 0.339 e. The smallest absolute Gasteiger partial charge is 0.339 e. The van der Waals surface area contributed by atoms with Crippen LogP contribution in [-0.4, -0.2) is 13.1 Å². The summed E-state index contributed by atoms with van der Waals surface area (Å²) in [7, 11) is 1.62. The van der Waals surface area contributed by atoms with Gasteiger partial charge in [0.25, 0.3) is 0 Å². The van der Waals surface area contributed by atoms with Gasteiger partial charge in [-0.2, -0.15) is 0 Å². The first-order chi connectivity index (χ1) is 12.8. The summed E-state index contributed by atoms with van der Waals surface area (Å²) < 4.78 is 10.7. The first-order valence-corrected chi connectivity index (χ1v) is 8.38. The Balaban J connectivity index is 1.79. The van der Waals surface area contributed by atoms with Crippen molar-refractivity contribution < 1.29 is 14.3 Å². The summed E-state index contributed by atoms with van der Waals surface area (Å²) in [4.78, 5) is 12.7. The average molecular weight is 344 g/mol. The second-order valence-corrected chi connectivity index (χ2v) is 5.76. The molecule has 0 atom stereocenters. The molecule has 3 rings (SSSR count). The highest BCUT2D eigenvalue weighted by Crippen LogP contribution is 2.21. The Hall–Kier alpha value is -3.33. The zero-order valence-electron chi connectivity index (χ0n) is 14.6. The fourth-order valence-electron chi connectivity index (χ4n) is 2.54. The number of carbonyl (C=O) groups is 1. The summed E-state index contributed by atoms with van der Waals surface area (Å²) >= 11 is 0. The number of rotatable bonds is 6. The van der Waals surface area contributed by atoms with Gasteiger partial charge < -0.3 is 9.47 Å². The Labute approximate surface area is 153 Å². The minimum atomic E-state index is -0.351. The maximum absolute atomic E-state index is 12.7. The molecule has 0 aromatic heterocycles. The van der Waals surface area contributed by atoms with E-state index in [0.29, 0.717) is 5.57 Å². The molecule has 0 bridgehead atoms. The van der Waals surface area contributed by atoms with E-state index in [2.05, 4.69) is 0 Å². The predicted octanol–water partition coefficient (Wildman–Crippen LogP) is 4.98. The average Bonchev–Trinajstić information content (AvgIpc) is 2.72. The van der Waals surface area contributed by atoms with Crippen LogP contribution in [0.5, 0.6) is 5.75 Å². The fraction of sp³-hybridized carbons (Fsp3) is 0.0870. The highest BCUT2D eigenvalue weighted by Gasteiger charge is 2.14. The van der Waals surface area contributed by atoms with Gasteiger partial charge in [0.05, 0.1) is 12.7 Å². The number of hydrogen-bond donors (Lipinski definition) is 0. The zero-order chi connectivity index (χ0) is 18.2. The number of carbonyl (C=O) groups excluding carboxylic acids is 1. The number of benzene rings is 3. The van der Waals surface area contributed by atoms with Crippen LogP contribution in [0.1, 0.15) is 16.7 Å². The Morgan fingerprint density at radius 3 is 2.08 bits per heavy atom. The van der Waals surface area contributed by atoms with Crippen LogP contribution in [0.15, 0.2) is 84.9 Å². The van der Waals surface area contributed by atoms with E-state index in [4.69, 9.17) is 9.47 Å². The summed E-state index contributed by atoms with van der Waals surface area (Å²) in [5.74, 6) is 0.421. The number of hydrogen-bond acceptors (Lipinski definition) is 3. The van der Waals surface area contributed by atoms with E-state index >= 15 is 0 Å². The lowest BCUT2D eigenvalue weighted by atomic mass is 10.0. The molecule has 0 fully saturated rings. The van der Waals surface area contributed by atoms with E-state index in [0.717, 1.165) is 22.4 Å². The van der Waals surface area contributed by atoms with Gasteiger partial charge in [-0.1, -0.05) is 72.8 Å². The monoisotopic (exact) mass is 344 g/mol. The first kappa shape index (κ1) is 17.5. The van der Waals surface area contributed by atoms with Crippen LogP contribution in [-0.2, 0) is 16.1 Å². The summed E-state index contributed by atoms with van der Waals surface area (Å²) in [5.41, 5.74) is 3.22. The second-order valence-electron chi connectivity index (χ2n) is 5.76. The fourth-order valence-corrected chi connectivity index (χ4v) is 2.54. The summed E-state index contributed by atoms with van der Waals surface area (Å²) in [6.45, 7) is 0.210.